The van der Waals surface area contributed by atoms with Gasteiger partial charge in [-0.2, -0.15) is 18.0 Å². The van der Waals surface area contributed by atoms with Gasteiger partial charge in [0.05, 0.1) is 34.2 Å². The number of hydrogen-bond acceptors (Lipinski definition) is 12. The van der Waals surface area contributed by atoms with Crippen LogP contribution in [0.4, 0.5) is 40.8 Å². The molecule has 0 radical (unpaired) electrons. The molecule has 0 bridgehead atoms. The Labute approximate surface area is 371 Å². The average Bonchev–Trinajstić information content (AvgIpc) is 3.76. The second kappa shape index (κ2) is 18.0. The highest BCUT2D eigenvalue weighted by atomic mass is 32.2. The first-order valence-corrected chi connectivity index (χ1v) is 22.7. The first-order valence-electron chi connectivity index (χ1n) is 21.3. The SMILES string of the molecule is N#Cc1c(NS(=O)(=O)N2CC[C@@H](F)C2)ccc(F)c1Oc1ccc2ncn(-c3ccc(N4CCN(CC5CCN(c6ccc(N7CCC(=O)NC7=O)c(F)c6)CC5)CC4)nc3)c(=O)c2c1. The van der Waals surface area contributed by atoms with Crippen LogP contribution in [0.1, 0.15) is 31.2 Å². The number of benzene rings is 3. The molecule has 17 nitrogen and oxygen atoms in total. The number of halogens is 3. The van der Waals surface area contributed by atoms with Crippen LogP contribution in [0.25, 0.3) is 16.6 Å². The van der Waals surface area contributed by atoms with Crippen molar-refractivity contribution in [3.05, 3.63) is 101 Å². The van der Waals surface area contributed by atoms with Crippen molar-refractivity contribution in [2.75, 3.05) is 84.9 Å². The third-order valence-corrected chi connectivity index (χ3v) is 13.8. The number of piperidine rings is 1. The van der Waals surface area contributed by atoms with Gasteiger partial charge in [-0.15, -0.1) is 0 Å². The summed E-state index contributed by atoms with van der Waals surface area (Å²) in [4.78, 5) is 54.7. The number of nitrogens with zero attached hydrogens (tertiary/aromatic N) is 9. The molecule has 21 heteroatoms. The lowest BCUT2D eigenvalue weighted by atomic mass is 9.95. The highest BCUT2D eigenvalue weighted by molar-refractivity contribution is 7.90. The third-order valence-electron chi connectivity index (χ3n) is 12.3. The number of rotatable bonds is 11. The first kappa shape index (κ1) is 43.5. The van der Waals surface area contributed by atoms with Gasteiger partial charge in [0, 0.05) is 77.6 Å². The van der Waals surface area contributed by atoms with Gasteiger partial charge in [-0.05, 0) is 85.8 Å². The molecule has 0 saturated carbocycles. The number of hydrogen-bond donors (Lipinski definition) is 2. The number of carbonyl (C=O) groups excluding carboxylic acids is 2. The van der Waals surface area contributed by atoms with E-state index >= 15 is 8.78 Å². The number of ether oxygens (including phenoxy) is 1. The Balaban J connectivity index is 0.797. The first-order chi connectivity index (χ1) is 31.3. The Morgan fingerprint density at radius 2 is 1.63 bits per heavy atom. The van der Waals surface area contributed by atoms with Crippen LogP contribution in [0.15, 0.2) is 78.0 Å². The summed E-state index contributed by atoms with van der Waals surface area (Å²) in [6.45, 7) is 5.52. The van der Waals surface area contributed by atoms with E-state index in [0.717, 1.165) is 86.6 Å². The summed E-state index contributed by atoms with van der Waals surface area (Å²) in [5, 5.41) is 12.3. The fourth-order valence-electron chi connectivity index (χ4n) is 8.74. The highest BCUT2D eigenvalue weighted by Gasteiger charge is 2.33. The van der Waals surface area contributed by atoms with Gasteiger partial charge in [-0.25, -0.2) is 27.9 Å². The molecule has 1 atom stereocenters. The van der Waals surface area contributed by atoms with E-state index in [1.807, 2.05) is 12.1 Å². The Morgan fingerprint density at radius 3 is 2.32 bits per heavy atom. The molecule has 5 aromatic rings. The number of pyridine rings is 1. The maximum Gasteiger partial charge on any atom is 0.328 e. The number of nitriles is 1. The molecule has 4 aliphatic rings. The molecule has 4 saturated heterocycles. The highest BCUT2D eigenvalue weighted by Crippen LogP contribution is 2.35. The second-order valence-electron chi connectivity index (χ2n) is 16.4. The molecule has 2 N–H and O–H groups in total. The monoisotopic (exact) mass is 911 g/mol. The van der Waals surface area contributed by atoms with Gasteiger partial charge < -0.3 is 14.5 Å². The largest absolute Gasteiger partial charge is 0.453 e. The predicted octanol–water partition coefficient (Wildman–Crippen LogP) is 4.91. The zero-order valence-corrected chi connectivity index (χ0v) is 35.8. The van der Waals surface area contributed by atoms with Crippen molar-refractivity contribution < 1.29 is 35.9 Å². The molecular formula is C44H44F3N11O6S. The van der Waals surface area contributed by atoms with Crippen molar-refractivity contribution in [1.29, 1.82) is 5.26 Å². The Bertz CT molecular complexity index is 2870. The van der Waals surface area contributed by atoms with Crippen LogP contribution in [-0.4, -0.2) is 116 Å². The number of nitrogens with one attached hydrogen (secondary N) is 2. The number of anilines is 4. The second-order valence-corrected chi connectivity index (χ2v) is 18.1. The van der Waals surface area contributed by atoms with Crippen molar-refractivity contribution >= 4 is 55.9 Å². The molecule has 3 aromatic carbocycles. The zero-order valence-electron chi connectivity index (χ0n) is 35.0. The van der Waals surface area contributed by atoms with Gasteiger partial charge in [0.15, 0.2) is 11.6 Å². The minimum Gasteiger partial charge on any atom is -0.453 e. The van der Waals surface area contributed by atoms with Gasteiger partial charge in [0.25, 0.3) is 5.56 Å². The number of carbonyl (C=O) groups is 2. The Morgan fingerprint density at radius 1 is 0.846 bits per heavy atom. The van der Waals surface area contributed by atoms with Crippen LogP contribution in [0.2, 0.25) is 0 Å². The van der Waals surface area contributed by atoms with E-state index in [4.69, 9.17) is 4.74 Å². The lowest BCUT2D eigenvalue weighted by Crippen LogP contribution is -2.50. The number of alkyl halides is 1. The summed E-state index contributed by atoms with van der Waals surface area (Å²) < 4.78 is 80.1. The molecular weight excluding hydrogens is 868 g/mol. The molecule has 6 heterocycles. The van der Waals surface area contributed by atoms with Crippen LogP contribution in [0.5, 0.6) is 11.5 Å². The molecule has 0 spiro atoms. The standard InChI is InChI=1S/C44H44F3N11O6S/c45-29-11-15-56(26-29)65(62,63)52-38-6-4-35(46)42(34(38)23-48)64-32-3-5-37-33(22-32)43(60)58(27-50-37)31-2-8-40(49-24-31)55-19-17-53(18-20-55)25-28-9-13-54(14-10-28)30-1-7-39(36(47)21-30)57-16-12-41(59)51-44(57)61/h1-8,21-22,24,27-29,52H,9-20,25-26H2,(H,51,59,61)/t29-/m1/s1. The number of fused-ring (bicyclic) bond motifs is 1. The molecule has 3 amide bonds. The van der Waals surface area contributed by atoms with Crippen LogP contribution in [-0.2, 0) is 15.0 Å². The van der Waals surface area contributed by atoms with Crippen LogP contribution in [0, 0.1) is 28.9 Å². The quantitative estimate of drug-likeness (QED) is 0.183. The number of aromatic nitrogens is 3. The van der Waals surface area contributed by atoms with E-state index in [0.29, 0.717) is 17.1 Å². The van der Waals surface area contributed by atoms with Crippen LogP contribution >= 0.6 is 0 Å². The van der Waals surface area contributed by atoms with E-state index < -0.39 is 50.9 Å². The fraction of sp³-hybridized carbons (Fsp3) is 0.364. The van der Waals surface area contributed by atoms with Crippen molar-refractivity contribution in [2.24, 2.45) is 5.92 Å². The van der Waals surface area contributed by atoms with Gasteiger partial charge >= 0.3 is 16.2 Å². The maximum atomic E-state index is 15.2. The van der Waals surface area contributed by atoms with Gasteiger partial charge in [-0.1, -0.05) is 0 Å². The molecule has 9 rings (SSSR count). The van der Waals surface area contributed by atoms with E-state index in [9.17, 15) is 32.5 Å². The summed E-state index contributed by atoms with van der Waals surface area (Å²) >= 11 is 0. The molecule has 2 aromatic heterocycles. The normalized spacial score (nSPS) is 19.1. The van der Waals surface area contributed by atoms with Gasteiger partial charge in [0.2, 0.25) is 5.91 Å². The van der Waals surface area contributed by atoms with Crippen molar-refractivity contribution in [3.63, 3.8) is 0 Å². The van der Waals surface area contributed by atoms with E-state index in [-0.39, 0.29) is 60.9 Å². The predicted molar refractivity (Wildman–Crippen MR) is 235 cm³/mol. The minimum absolute atomic E-state index is 0.00609. The van der Waals surface area contributed by atoms with Crippen molar-refractivity contribution in [3.8, 4) is 23.3 Å². The molecule has 0 unspecified atom stereocenters. The zero-order chi connectivity index (χ0) is 45.4. The third kappa shape index (κ3) is 9.14. The smallest absolute Gasteiger partial charge is 0.328 e. The van der Waals surface area contributed by atoms with Crippen molar-refractivity contribution in [1.82, 2.24) is 29.1 Å². The number of piperazine rings is 1. The lowest BCUT2D eigenvalue weighted by Gasteiger charge is -2.39. The summed E-state index contributed by atoms with van der Waals surface area (Å²) in [6, 6.07) is 16.0. The average molecular weight is 912 g/mol. The molecule has 0 aliphatic carbocycles. The summed E-state index contributed by atoms with van der Waals surface area (Å²) in [6.07, 6.45) is 3.75. The Hall–Kier alpha value is -6.76. The van der Waals surface area contributed by atoms with Gasteiger partial charge in [-0.3, -0.25) is 34.0 Å². The number of amides is 3. The van der Waals surface area contributed by atoms with E-state index in [1.165, 1.54) is 40.1 Å². The Kier molecular flexibility index (Phi) is 12.1. The van der Waals surface area contributed by atoms with E-state index in [1.54, 1.807) is 24.4 Å². The van der Waals surface area contributed by atoms with E-state index in [2.05, 4.69) is 34.7 Å². The maximum absolute atomic E-state index is 15.2. The molecule has 338 valence electrons. The van der Waals surface area contributed by atoms with Gasteiger partial charge in [0.1, 0.15) is 41.5 Å². The lowest BCUT2D eigenvalue weighted by molar-refractivity contribution is -0.120. The number of imide groups is 1. The topological polar surface area (TPSA) is 189 Å². The van der Waals surface area contributed by atoms with Crippen molar-refractivity contribution in [2.45, 2.75) is 31.9 Å². The molecule has 4 aliphatic heterocycles. The molecule has 65 heavy (non-hydrogen) atoms. The number of urea groups is 1. The summed E-state index contributed by atoms with van der Waals surface area (Å²) in [5.41, 5.74) is 0.571. The summed E-state index contributed by atoms with van der Waals surface area (Å²) in [7, 11) is -4.25. The fourth-order valence-corrected chi connectivity index (χ4v) is 10.0. The molecule has 4 fully saturated rings. The van der Waals surface area contributed by atoms with Crippen LogP contribution in [0.3, 0.4) is 0 Å². The van der Waals surface area contributed by atoms with Crippen LogP contribution < -0.4 is 35.0 Å². The summed E-state index contributed by atoms with van der Waals surface area (Å²) in [5.74, 6) is -1.12. The minimum atomic E-state index is -4.25.